The maximum absolute atomic E-state index is 14.0. The lowest BCUT2D eigenvalue weighted by Crippen LogP contribution is -2.57. The van der Waals surface area contributed by atoms with Gasteiger partial charge in [0.1, 0.15) is 6.04 Å². The molecule has 0 aliphatic rings. The molecular weight excluding hydrogens is 472 g/mol. The van der Waals surface area contributed by atoms with E-state index in [4.69, 9.17) is 17.3 Å². The van der Waals surface area contributed by atoms with Gasteiger partial charge in [0.05, 0.1) is 4.88 Å². The topological polar surface area (TPSA) is 101 Å². The van der Waals surface area contributed by atoms with Crippen LogP contribution in [0.15, 0.2) is 66.0 Å². The second-order valence-electron chi connectivity index (χ2n) is 8.68. The fourth-order valence-electron chi connectivity index (χ4n) is 4.10. The van der Waals surface area contributed by atoms with Crippen molar-refractivity contribution in [1.29, 1.82) is 0 Å². The third kappa shape index (κ3) is 6.04. The smallest absolute Gasteiger partial charge is 0.326 e. The average molecular weight is 499 g/mol. The number of carbonyl (C=O) groups is 3. The molecule has 178 valence electrons. The molecule has 6 nitrogen and oxygen atoms in total. The highest BCUT2D eigenvalue weighted by molar-refractivity contribution is 7.12. The van der Waals surface area contributed by atoms with Gasteiger partial charge in [-0.3, -0.25) is 9.59 Å². The quantitative estimate of drug-likeness (QED) is 0.398. The molecule has 0 fully saturated rings. The maximum atomic E-state index is 14.0. The number of aliphatic carboxylic acids is 1. The van der Waals surface area contributed by atoms with Crippen LogP contribution < -0.4 is 5.73 Å². The van der Waals surface area contributed by atoms with Crippen molar-refractivity contribution in [2.24, 2.45) is 5.73 Å². The number of hydrogen-bond acceptors (Lipinski definition) is 4. The molecular formula is C26H27ClN2O4S. The zero-order valence-corrected chi connectivity index (χ0v) is 20.6. The van der Waals surface area contributed by atoms with Crippen LogP contribution >= 0.6 is 22.9 Å². The molecule has 0 unspecified atom stereocenters. The lowest BCUT2D eigenvalue weighted by molar-refractivity contribution is -0.144. The normalized spacial score (nSPS) is 12.2. The number of carboxylic acid groups (broad SMARTS) is 1. The Morgan fingerprint density at radius 3 is 2.29 bits per heavy atom. The number of rotatable bonds is 10. The van der Waals surface area contributed by atoms with Gasteiger partial charge in [-0.1, -0.05) is 54.1 Å². The Balaban J connectivity index is 2.06. The number of carboxylic acids is 1. The number of primary amides is 1. The van der Waals surface area contributed by atoms with Crippen LogP contribution in [0.25, 0.3) is 11.1 Å². The van der Waals surface area contributed by atoms with E-state index in [1.165, 1.54) is 16.2 Å². The van der Waals surface area contributed by atoms with Crippen LogP contribution in [0.2, 0.25) is 5.02 Å². The van der Waals surface area contributed by atoms with E-state index in [9.17, 15) is 19.5 Å². The first kappa shape index (κ1) is 25.5. The molecule has 0 radical (unpaired) electrons. The second kappa shape index (κ2) is 10.8. The van der Waals surface area contributed by atoms with Gasteiger partial charge in [0.25, 0.3) is 5.91 Å². The van der Waals surface area contributed by atoms with Gasteiger partial charge in [-0.05, 0) is 61.4 Å². The number of carbonyl (C=O) groups excluding carboxylic acids is 2. The van der Waals surface area contributed by atoms with Gasteiger partial charge in [-0.25, -0.2) is 4.79 Å². The van der Waals surface area contributed by atoms with Gasteiger partial charge in [0.2, 0.25) is 5.91 Å². The monoisotopic (exact) mass is 498 g/mol. The number of amides is 2. The van der Waals surface area contributed by atoms with Crippen molar-refractivity contribution >= 4 is 40.7 Å². The second-order valence-corrected chi connectivity index (χ2v) is 10.0. The van der Waals surface area contributed by atoms with Crippen molar-refractivity contribution in [3.63, 3.8) is 0 Å². The van der Waals surface area contributed by atoms with Gasteiger partial charge in [-0.2, -0.15) is 0 Å². The molecule has 1 atom stereocenters. The lowest BCUT2D eigenvalue weighted by Gasteiger charge is -2.42. The van der Waals surface area contributed by atoms with E-state index in [1.807, 2.05) is 67.8 Å². The van der Waals surface area contributed by atoms with E-state index in [1.54, 1.807) is 12.1 Å². The lowest BCUT2D eigenvalue weighted by atomic mass is 9.89. The van der Waals surface area contributed by atoms with Crippen LogP contribution in [0.4, 0.5) is 0 Å². The first-order valence-corrected chi connectivity index (χ1v) is 12.1. The van der Waals surface area contributed by atoms with Crippen LogP contribution in [0.1, 0.15) is 41.9 Å². The largest absolute Gasteiger partial charge is 0.480 e. The van der Waals surface area contributed by atoms with Crippen molar-refractivity contribution in [2.45, 2.75) is 44.7 Å². The third-order valence-corrected chi connectivity index (χ3v) is 6.78. The molecule has 34 heavy (non-hydrogen) atoms. The standard InChI is InChI=1S/C26H27ClN2O4S/c1-26(2,16-17-8-10-19(27)11-9-17)29(21(25(32)33)12-13-22(28)30)24(31)23-20(14-15-34-23)18-6-4-3-5-7-18/h3-11,14-15,21H,12-13,16H2,1-2H3,(H2,28,30)(H,32,33)/t21-/m0/s1. The molecule has 3 rings (SSSR count). The van der Waals surface area contributed by atoms with E-state index in [2.05, 4.69) is 0 Å². The molecule has 0 aliphatic heterocycles. The highest BCUT2D eigenvalue weighted by Gasteiger charge is 2.41. The van der Waals surface area contributed by atoms with Gasteiger partial charge in [0, 0.05) is 22.5 Å². The molecule has 3 aromatic rings. The van der Waals surface area contributed by atoms with Gasteiger partial charge in [0.15, 0.2) is 0 Å². The van der Waals surface area contributed by atoms with Crippen LogP contribution in [0.3, 0.4) is 0 Å². The molecule has 0 saturated carbocycles. The van der Waals surface area contributed by atoms with Gasteiger partial charge in [-0.15, -0.1) is 11.3 Å². The minimum absolute atomic E-state index is 0.0769. The van der Waals surface area contributed by atoms with Crippen LogP contribution in [0, 0.1) is 0 Å². The summed E-state index contributed by atoms with van der Waals surface area (Å²) < 4.78 is 0. The molecule has 2 amide bonds. The molecule has 3 N–H and O–H groups in total. The summed E-state index contributed by atoms with van der Waals surface area (Å²) in [4.78, 5) is 39.7. The van der Waals surface area contributed by atoms with Crippen molar-refractivity contribution in [2.75, 3.05) is 0 Å². The zero-order chi connectivity index (χ0) is 24.9. The number of benzene rings is 2. The fourth-order valence-corrected chi connectivity index (χ4v) is 5.07. The first-order valence-electron chi connectivity index (χ1n) is 10.8. The molecule has 2 aromatic carbocycles. The molecule has 1 heterocycles. The van der Waals surface area contributed by atoms with E-state index < -0.39 is 29.4 Å². The molecule has 0 spiro atoms. The molecule has 8 heteroatoms. The van der Waals surface area contributed by atoms with Crippen LogP contribution in [-0.2, 0) is 16.0 Å². The number of nitrogens with two attached hydrogens (primary N) is 1. The Morgan fingerprint density at radius 1 is 1.06 bits per heavy atom. The molecule has 0 aliphatic carbocycles. The summed E-state index contributed by atoms with van der Waals surface area (Å²) in [5.41, 5.74) is 6.92. The fraction of sp³-hybridized carbons (Fsp3) is 0.269. The third-order valence-electron chi connectivity index (χ3n) is 5.63. The molecule has 0 saturated heterocycles. The summed E-state index contributed by atoms with van der Waals surface area (Å²) in [5, 5.41) is 12.5. The summed E-state index contributed by atoms with van der Waals surface area (Å²) in [6, 6.07) is 17.3. The Hall–Kier alpha value is -3.16. The maximum Gasteiger partial charge on any atom is 0.326 e. The summed E-state index contributed by atoms with van der Waals surface area (Å²) >= 11 is 7.28. The molecule has 1 aromatic heterocycles. The highest BCUT2D eigenvalue weighted by atomic mass is 35.5. The Labute approximate surface area is 208 Å². The highest BCUT2D eigenvalue weighted by Crippen LogP contribution is 2.34. The average Bonchev–Trinajstić information content (AvgIpc) is 3.28. The Morgan fingerprint density at radius 2 is 1.71 bits per heavy atom. The predicted molar refractivity (Wildman–Crippen MR) is 135 cm³/mol. The van der Waals surface area contributed by atoms with Crippen LogP contribution in [0.5, 0.6) is 0 Å². The summed E-state index contributed by atoms with van der Waals surface area (Å²) in [5.74, 6) is -2.20. The van der Waals surface area contributed by atoms with E-state index >= 15 is 0 Å². The minimum atomic E-state index is -1.23. The van der Waals surface area contributed by atoms with E-state index in [0.29, 0.717) is 16.3 Å². The number of thiophene rings is 1. The van der Waals surface area contributed by atoms with Crippen LogP contribution in [-0.4, -0.2) is 39.4 Å². The van der Waals surface area contributed by atoms with Gasteiger partial charge >= 0.3 is 5.97 Å². The number of hydrogen-bond donors (Lipinski definition) is 2. The number of halogens is 1. The summed E-state index contributed by atoms with van der Waals surface area (Å²) in [7, 11) is 0. The predicted octanol–water partition coefficient (Wildman–Crippen LogP) is 5.25. The molecule has 0 bridgehead atoms. The Bertz CT molecular complexity index is 1160. The van der Waals surface area contributed by atoms with Crippen molar-refractivity contribution in [1.82, 2.24) is 4.90 Å². The summed E-state index contributed by atoms with van der Waals surface area (Å²) in [6.07, 6.45) is 0.169. The SMILES string of the molecule is CC(C)(Cc1ccc(Cl)cc1)N(C(=O)c1sccc1-c1ccccc1)[C@@H](CCC(N)=O)C(=O)O. The zero-order valence-electron chi connectivity index (χ0n) is 19.0. The first-order chi connectivity index (χ1) is 16.1. The Kier molecular flexibility index (Phi) is 8.12. The van der Waals surface area contributed by atoms with Crippen molar-refractivity contribution in [3.8, 4) is 11.1 Å². The summed E-state index contributed by atoms with van der Waals surface area (Å²) in [6.45, 7) is 3.66. The van der Waals surface area contributed by atoms with E-state index in [0.717, 1.165) is 16.7 Å². The van der Waals surface area contributed by atoms with Gasteiger partial charge < -0.3 is 15.7 Å². The van der Waals surface area contributed by atoms with E-state index in [-0.39, 0.29) is 12.8 Å². The van der Waals surface area contributed by atoms with Crippen molar-refractivity contribution < 1.29 is 19.5 Å². The van der Waals surface area contributed by atoms with Crippen molar-refractivity contribution in [3.05, 3.63) is 81.5 Å². The minimum Gasteiger partial charge on any atom is -0.480 e. The number of nitrogens with zero attached hydrogens (tertiary/aromatic N) is 1.